The van der Waals surface area contributed by atoms with E-state index in [-0.39, 0.29) is 18.9 Å². The summed E-state index contributed by atoms with van der Waals surface area (Å²) in [4.78, 5) is 0. The summed E-state index contributed by atoms with van der Waals surface area (Å²) in [6.07, 6.45) is 2.11. The van der Waals surface area contributed by atoms with Gasteiger partial charge in [-0.2, -0.15) is 0 Å². The van der Waals surface area contributed by atoms with Crippen molar-refractivity contribution >= 4 is 0 Å². The van der Waals surface area contributed by atoms with Gasteiger partial charge in [-0.15, -0.1) is 0 Å². The Morgan fingerprint density at radius 3 is 2.54 bits per heavy atom. The molecule has 1 aliphatic heterocycles. The van der Waals surface area contributed by atoms with Crippen LogP contribution in [0.5, 0.6) is 0 Å². The molecule has 0 aromatic heterocycles. The Bertz CT molecular complexity index is 172. The van der Waals surface area contributed by atoms with E-state index in [9.17, 15) is 8.78 Å². The van der Waals surface area contributed by atoms with Gasteiger partial charge in [0.2, 0.25) is 0 Å². The lowest BCUT2D eigenvalue weighted by Gasteiger charge is -2.38. The van der Waals surface area contributed by atoms with Crippen LogP contribution >= 0.6 is 0 Å². The quantitative estimate of drug-likeness (QED) is 0.715. The van der Waals surface area contributed by atoms with E-state index in [2.05, 4.69) is 5.32 Å². The van der Waals surface area contributed by atoms with Crippen molar-refractivity contribution in [3.63, 3.8) is 0 Å². The van der Waals surface area contributed by atoms with Gasteiger partial charge in [-0.3, -0.25) is 0 Å². The summed E-state index contributed by atoms with van der Waals surface area (Å²) in [5.41, 5.74) is 0. The second kappa shape index (κ2) is 3.50. The number of nitrogens with one attached hydrogen (secondary N) is 1. The van der Waals surface area contributed by atoms with Gasteiger partial charge in [0.1, 0.15) is 0 Å². The average Bonchev–Trinajstić information content (AvgIpc) is 2.03. The average molecular weight is 191 g/mol. The van der Waals surface area contributed by atoms with Crippen molar-refractivity contribution in [2.75, 3.05) is 13.2 Å². The highest BCUT2D eigenvalue weighted by molar-refractivity contribution is 4.93. The molecule has 1 unspecified atom stereocenters. The number of alkyl halides is 2. The molecule has 1 heterocycles. The topological polar surface area (TPSA) is 21.3 Å². The first kappa shape index (κ1) is 9.34. The Hall–Kier alpha value is -0.220. The number of halogens is 2. The molecule has 4 heteroatoms. The minimum absolute atomic E-state index is 0.00347. The van der Waals surface area contributed by atoms with Crippen molar-refractivity contribution in [3.8, 4) is 0 Å². The summed E-state index contributed by atoms with van der Waals surface area (Å²) < 4.78 is 30.2. The first-order valence-corrected chi connectivity index (χ1v) is 4.87. The van der Waals surface area contributed by atoms with E-state index in [1.54, 1.807) is 0 Å². The summed E-state index contributed by atoms with van der Waals surface area (Å²) in [5, 5.41) is 3.21. The Labute approximate surface area is 76.6 Å². The second-order valence-corrected chi connectivity index (χ2v) is 4.04. The normalized spacial score (nSPS) is 34.2. The van der Waals surface area contributed by atoms with Gasteiger partial charge in [-0.05, 0) is 12.8 Å². The fraction of sp³-hybridized carbons (Fsp3) is 1.00. The zero-order chi connectivity index (χ0) is 9.31. The molecule has 1 N–H and O–H groups in total. The predicted octanol–water partition coefficient (Wildman–Crippen LogP) is 1.55. The van der Waals surface area contributed by atoms with E-state index in [1.807, 2.05) is 0 Å². The van der Waals surface area contributed by atoms with Crippen LogP contribution in [-0.4, -0.2) is 31.2 Å². The van der Waals surface area contributed by atoms with Crippen LogP contribution in [0.3, 0.4) is 0 Å². The molecule has 2 fully saturated rings. The van der Waals surface area contributed by atoms with Crippen LogP contribution in [0.2, 0.25) is 0 Å². The maximum Gasteiger partial charge on any atom is 0.251 e. The Morgan fingerprint density at radius 1 is 1.23 bits per heavy atom. The number of ether oxygens (including phenoxy) is 1. The molecular formula is C9H15F2NO. The molecule has 1 saturated carbocycles. The fourth-order valence-corrected chi connectivity index (χ4v) is 1.98. The highest BCUT2D eigenvalue weighted by Gasteiger charge is 2.45. The molecule has 2 rings (SSSR count). The lowest BCUT2D eigenvalue weighted by Crippen LogP contribution is -2.53. The van der Waals surface area contributed by atoms with Crippen molar-refractivity contribution in [1.82, 2.24) is 5.32 Å². The number of rotatable bonds is 2. The zero-order valence-corrected chi connectivity index (χ0v) is 7.56. The van der Waals surface area contributed by atoms with Crippen molar-refractivity contribution in [3.05, 3.63) is 0 Å². The first-order chi connectivity index (χ1) is 6.16. The molecule has 0 spiro atoms. The monoisotopic (exact) mass is 191 g/mol. The van der Waals surface area contributed by atoms with Gasteiger partial charge >= 0.3 is 0 Å². The standard InChI is InChI=1S/C9H15F2NO/c10-9(11)4-8(5-9)12-7-2-1-3-13-6-7/h7-8,12H,1-6H2. The molecular weight excluding hydrogens is 176 g/mol. The van der Waals surface area contributed by atoms with E-state index in [1.165, 1.54) is 0 Å². The second-order valence-electron chi connectivity index (χ2n) is 4.04. The van der Waals surface area contributed by atoms with Gasteiger partial charge in [0.25, 0.3) is 5.92 Å². The van der Waals surface area contributed by atoms with E-state index < -0.39 is 5.92 Å². The third-order valence-corrected chi connectivity index (χ3v) is 2.72. The molecule has 2 nitrogen and oxygen atoms in total. The van der Waals surface area contributed by atoms with Gasteiger partial charge in [0.05, 0.1) is 6.61 Å². The SMILES string of the molecule is FC1(F)CC(NC2CCCOC2)C1. The largest absolute Gasteiger partial charge is 0.380 e. The number of hydrogen-bond acceptors (Lipinski definition) is 2. The molecule has 0 aromatic carbocycles. The Morgan fingerprint density at radius 2 is 2.00 bits per heavy atom. The highest BCUT2D eigenvalue weighted by Crippen LogP contribution is 2.37. The molecule has 0 radical (unpaired) electrons. The Kier molecular flexibility index (Phi) is 2.51. The van der Waals surface area contributed by atoms with Gasteiger partial charge in [-0.1, -0.05) is 0 Å². The molecule has 0 aromatic rings. The first-order valence-electron chi connectivity index (χ1n) is 4.87. The van der Waals surface area contributed by atoms with Gasteiger partial charge in [0.15, 0.2) is 0 Å². The van der Waals surface area contributed by atoms with Crippen LogP contribution < -0.4 is 5.32 Å². The summed E-state index contributed by atoms with van der Waals surface area (Å²) >= 11 is 0. The van der Waals surface area contributed by atoms with Crippen LogP contribution in [0.25, 0.3) is 0 Å². The zero-order valence-electron chi connectivity index (χ0n) is 7.56. The van der Waals surface area contributed by atoms with E-state index in [0.717, 1.165) is 19.4 Å². The van der Waals surface area contributed by atoms with E-state index in [0.29, 0.717) is 12.6 Å². The van der Waals surface area contributed by atoms with Crippen LogP contribution in [0.1, 0.15) is 25.7 Å². The third-order valence-electron chi connectivity index (χ3n) is 2.72. The molecule has 1 atom stereocenters. The van der Waals surface area contributed by atoms with Gasteiger partial charge in [0, 0.05) is 31.5 Å². The maximum atomic E-state index is 12.5. The lowest BCUT2D eigenvalue weighted by atomic mass is 9.87. The number of hydrogen-bond donors (Lipinski definition) is 1. The van der Waals surface area contributed by atoms with Crippen molar-refractivity contribution in [2.24, 2.45) is 0 Å². The Balaban J connectivity index is 1.68. The molecule has 13 heavy (non-hydrogen) atoms. The van der Waals surface area contributed by atoms with E-state index in [4.69, 9.17) is 4.74 Å². The predicted molar refractivity (Wildman–Crippen MR) is 44.9 cm³/mol. The minimum Gasteiger partial charge on any atom is -0.380 e. The summed E-state index contributed by atoms with van der Waals surface area (Å²) in [6.45, 7) is 1.50. The van der Waals surface area contributed by atoms with Gasteiger partial charge in [-0.25, -0.2) is 8.78 Å². The van der Waals surface area contributed by atoms with Crippen LogP contribution in [0.4, 0.5) is 8.78 Å². The molecule has 1 saturated heterocycles. The van der Waals surface area contributed by atoms with Crippen molar-refractivity contribution in [1.29, 1.82) is 0 Å². The van der Waals surface area contributed by atoms with Crippen molar-refractivity contribution < 1.29 is 13.5 Å². The third kappa shape index (κ3) is 2.38. The van der Waals surface area contributed by atoms with Gasteiger partial charge < -0.3 is 10.1 Å². The fourth-order valence-electron chi connectivity index (χ4n) is 1.98. The van der Waals surface area contributed by atoms with Crippen LogP contribution in [0, 0.1) is 0 Å². The van der Waals surface area contributed by atoms with Crippen LogP contribution in [0.15, 0.2) is 0 Å². The maximum absolute atomic E-state index is 12.5. The molecule has 0 amide bonds. The molecule has 1 aliphatic carbocycles. The van der Waals surface area contributed by atoms with Crippen molar-refractivity contribution in [2.45, 2.75) is 43.7 Å². The molecule has 76 valence electrons. The highest BCUT2D eigenvalue weighted by atomic mass is 19.3. The smallest absolute Gasteiger partial charge is 0.251 e. The lowest BCUT2D eigenvalue weighted by molar-refractivity contribution is -0.0979. The summed E-state index contributed by atoms with van der Waals surface area (Å²) in [7, 11) is 0. The summed E-state index contributed by atoms with van der Waals surface area (Å²) in [5.74, 6) is -2.41. The van der Waals surface area contributed by atoms with E-state index >= 15 is 0 Å². The minimum atomic E-state index is -2.41. The molecule has 0 bridgehead atoms. The molecule has 2 aliphatic rings. The van der Waals surface area contributed by atoms with Crippen LogP contribution in [-0.2, 0) is 4.74 Å². The summed E-state index contributed by atoms with van der Waals surface area (Å²) in [6, 6.07) is 0.316.